The van der Waals surface area contributed by atoms with Gasteiger partial charge in [-0.3, -0.25) is 4.79 Å². The first-order chi connectivity index (χ1) is 15.2. The molecular formula is C23H24O9. The summed E-state index contributed by atoms with van der Waals surface area (Å²) in [5, 5.41) is 0. The van der Waals surface area contributed by atoms with Gasteiger partial charge in [-0.05, 0) is 31.7 Å². The van der Waals surface area contributed by atoms with Crippen LogP contribution < -0.4 is 0 Å². The first kappa shape index (κ1) is 20.0. The van der Waals surface area contributed by atoms with Crippen LogP contribution in [-0.4, -0.2) is 54.5 Å². The van der Waals surface area contributed by atoms with E-state index >= 15 is 0 Å². The van der Waals surface area contributed by atoms with Crippen LogP contribution in [0.3, 0.4) is 0 Å². The highest BCUT2D eigenvalue weighted by atomic mass is 16.7. The molecule has 5 heterocycles. The molecule has 0 amide bonds. The van der Waals surface area contributed by atoms with Crippen LogP contribution in [0, 0.1) is 5.92 Å². The van der Waals surface area contributed by atoms with E-state index in [2.05, 4.69) is 6.58 Å². The number of furan rings is 1. The second-order valence-electron chi connectivity index (χ2n) is 9.62. The van der Waals surface area contributed by atoms with Crippen LogP contribution in [0.4, 0.5) is 0 Å². The van der Waals surface area contributed by atoms with Gasteiger partial charge in [0, 0.05) is 19.3 Å². The molecule has 170 valence electrons. The summed E-state index contributed by atoms with van der Waals surface area (Å²) in [4.78, 5) is 37.3. The Hall–Kier alpha value is -2.65. The Labute approximate surface area is 183 Å². The van der Waals surface area contributed by atoms with Gasteiger partial charge in [-0.25, -0.2) is 9.59 Å². The van der Waals surface area contributed by atoms with Crippen LogP contribution in [0.5, 0.6) is 0 Å². The molecule has 1 aliphatic carbocycles. The van der Waals surface area contributed by atoms with Crippen molar-refractivity contribution in [2.24, 2.45) is 5.92 Å². The lowest BCUT2D eigenvalue weighted by atomic mass is 9.65. The fourth-order valence-electron chi connectivity index (χ4n) is 5.82. The molecule has 32 heavy (non-hydrogen) atoms. The smallest absolute Gasteiger partial charge is 0.345 e. The van der Waals surface area contributed by atoms with Gasteiger partial charge in [-0.2, -0.15) is 0 Å². The molecule has 3 saturated heterocycles. The van der Waals surface area contributed by atoms with Crippen LogP contribution in [0.15, 0.2) is 22.6 Å². The van der Waals surface area contributed by atoms with Crippen molar-refractivity contribution in [3.05, 3.63) is 35.3 Å². The molecule has 0 radical (unpaired) electrons. The molecule has 1 saturated carbocycles. The second kappa shape index (κ2) is 6.23. The third-order valence-corrected chi connectivity index (χ3v) is 7.62. The fourth-order valence-corrected chi connectivity index (χ4v) is 5.82. The number of carbonyl (C=O) groups is 3. The highest BCUT2D eigenvalue weighted by Crippen LogP contribution is 2.61. The molecule has 8 atom stereocenters. The van der Waals surface area contributed by atoms with Gasteiger partial charge in [0.25, 0.3) is 0 Å². The zero-order chi connectivity index (χ0) is 22.6. The molecule has 0 N–H and O–H groups in total. The Morgan fingerprint density at radius 3 is 2.69 bits per heavy atom. The highest BCUT2D eigenvalue weighted by molar-refractivity contribution is 5.91. The van der Waals surface area contributed by atoms with E-state index in [9.17, 15) is 14.4 Å². The molecular weight excluding hydrogens is 420 g/mol. The molecule has 4 fully saturated rings. The maximum absolute atomic E-state index is 12.9. The number of rotatable bonds is 2. The van der Waals surface area contributed by atoms with Crippen molar-refractivity contribution >= 4 is 17.9 Å². The van der Waals surface area contributed by atoms with E-state index in [1.807, 2.05) is 6.92 Å². The SMILES string of the molecule is C=C1C[C@@H]2c3oc(cc3C(=O)OC)[C@H]3OC3(C)C[C@@H]3OC(=O)[C@]4(O[C@@H]34)[C@H](OC(C)=O)C[C@@H]12. The molecule has 4 aliphatic heterocycles. The van der Waals surface area contributed by atoms with Crippen molar-refractivity contribution in [1.29, 1.82) is 0 Å². The number of fused-ring (bicyclic) bond motifs is 6. The minimum absolute atomic E-state index is 0.167. The quantitative estimate of drug-likeness (QED) is 0.293. The van der Waals surface area contributed by atoms with E-state index in [0.717, 1.165) is 5.57 Å². The Morgan fingerprint density at radius 1 is 1.25 bits per heavy atom. The molecule has 6 rings (SSSR count). The van der Waals surface area contributed by atoms with Gasteiger partial charge in [-0.1, -0.05) is 12.2 Å². The van der Waals surface area contributed by atoms with E-state index in [-0.39, 0.29) is 17.9 Å². The van der Waals surface area contributed by atoms with Crippen LogP contribution >= 0.6 is 0 Å². The van der Waals surface area contributed by atoms with Crippen molar-refractivity contribution in [1.82, 2.24) is 0 Å². The number of carbonyl (C=O) groups excluding carboxylic acids is 3. The Kier molecular flexibility index (Phi) is 3.89. The molecule has 1 unspecified atom stereocenters. The van der Waals surface area contributed by atoms with Gasteiger partial charge in [0.15, 0.2) is 0 Å². The molecule has 1 aromatic heterocycles. The van der Waals surface area contributed by atoms with E-state index in [0.29, 0.717) is 36.3 Å². The summed E-state index contributed by atoms with van der Waals surface area (Å²) in [5.74, 6) is -0.778. The maximum Gasteiger partial charge on any atom is 0.345 e. The van der Waals surface area contributed by atoms with Gasteiger partial charge >= 0.3 is 17.9 Å². The number of methoxy groups -OCH3 is 1. The summed E-state index contributed by atoms with van der Waals surface area (Å²) in [6.07, 6.45) is -0.897. The average molecular weight is 444 g/mol. The Morgan fingerprint density at radius 2 is 2.03 bits per heavy atom. The summed E-state index contributed by atoms with van der Waals surface area (Å²) < 4.78 is 34.3. The summed E-state index contributed by atoms with van der Waals surface area (Å²) in [7, 11) is 1.33. The van der Waals surface area contributed by atoms with Crippen LogP contribution in [0.1, 0.15) is 67.0 Å². The van der Waals surface area contributed by atoms with E-state index in [4.69, 9.17) is 28.1 Å². The molecule has 0 aromatic carbocycles. The van der Waals surface area contributed by atoms with E-state index in [1.54, 1.807) is 6.07 Å². The first-order valence-electron chi connectivity index (χ1n) is 10.8. The molecule has 5 aliphatic rings. The third kappa shape index (κ3) is 2.55. The van der Waals surface area contributed by atoms with Gasteiger partial charge in [0.2, 0.25) is 5.60 Å². The van der Waals surface area contributed by atoms with Crippen molar-refractivity contribution in [3.63, 3.8) is 0 Å². The normalized spacial score (nSPS) is 43.1. The largest absolute Gasteiger partial charge is 0.465 e. The fraction of sp³-hybridized carbons (Fsp3) is 0.609. The number of epoxide rings is 2. The Balaban J connectivity index is 1.45. The number of ether oxygens (including phenoxy) is 5. The molecule has 0 spiro atoms. The minimum atomic E-state index is -1.30. The lowest BCUT2D eigenvalue weighted by molar-refractivity contribution is -0.166. The highest BCUT2D eigenvalue weighted by Gasteiger charge is 2.79. The molecule has 4 bridgehead atoms. The number of esters is 3. The van der Waals surface area contributed by atoms with E-state index < -0.39 is 47.4 Å². The molecule has 9 heteroatoms. The zero-order valence-electron chi connectivity index (χ0n) is 18.0. The van der Waals surface area contributed by atoms with Crippen molar-refractivity contribution in [2.75, 3.05) is 7.11 Å². The summed E-state index contributed by atoms with van der Waals surface area (Å²) in [5.41, 5.74) is -0.648. The van der Waals surface area contributed by atoms with Gasteiger partial charge in [-0.15, -0.1) is 0 Å². The molecule has 1 aromatic rings. The van der Waals surface area contributed by atoms with Gasteiger partial charge in [0.05, 0.1) is 7.11 Å². The summed E-state index contributed by atoms with van der Waals surface area (Å²) in [6.45, 7) is 7.35. The van der Waals surface area contributed by atoms with Gasteiger partial charge < -0.3 is 28.1 Å². The van der Waals surface area contributed by atoms with Crippen LogP contribution in [0.25, 0.3) is 0 Å². The monoisotopic (exact) mass is 444 g/mol. The van der Waals surface area contributed by atoms with Crippen LogP contribution in [0.2, 0.25) is 0 Å². The summed E-state index contributed by atoms with van der Waals surface area (Å²) in [6, 6.07) is 1.68. The average Bonchev–Trinajstić information content (AvgIpc) is 3.56. The predicted octanol–water partition coefficient (Wildman–Crippen LogP) is 2.34. The number of hydrogen-bond acceptors (Lipinski definition) is 9. The molecule has 9 nitrogen and oxygen atoms in total. The van der Waals surface area contributed by atoms with Crippen molar-refractivity contribution in [3.8, 4) is 0 Å². The topological polar surface area (TPSA) is 117 Å². The second-order valence-corrected chi connectivity index (χ2v) is 9.62. The lowest BCUT2D eigenvalue weighted by Crippen LogP contribution is -2.44. The van der Waals surface area contributed by atoms with E-state index in [1.165, 1.54) is 14.0 Å². The number of allylic oxidation sites excluding steroid dienone is 1. The number of hydrogen-bond donors (Lipinski definition) is 0. The van der Waals surface area contributed by atoms with Gasteiger partial charge in [0.1, 0.15) is 47.1 Å². The maximum atomic E-state index is 12.9. The third-order valence-electron chi connectivity index (χ3n) is 7.62. The van der Waals surface area contributed by atoms with Crippen molar-refractivity contribution in [2.45, 2.75) is 74.6 Å². The predicted molar refractivity (Wildman–Crippen MR) is 105 cm³/mol. The summed E-state index contributed by atoms with van der Waals surface area (Å²) >= 11 is 0. The Bertz CT molecular complexity index is 1070. The van der Waals surface area contributed by atoms with Crippen molar-refractivity contribution < 1.29 is 42.5 Å². The minimum Gasteiger partial charge on any atom is -0.465 e. The standard InChI is InChI=1S/C23H24O9/c1-9-5-12-11(9)7-16(28-10(2)24)23-19(32-23)15(30-21(23)26)8-22(3)18(31-22)14-6-13(17(12)29-14)20(25)27-4/h6,11-12,15-16,18-19H,1,5,7-8H2,2-4H3/t11-,12-,15-,16+,18+,19-,22?,23-/m0/s1. The van der Waals surface area contributed by atoms with Crippen LogP contribution in [-0.2, 0) is 33.3 Å². The lowest BCUT2D eigenvalue weighted by Gasteiger charge is -2.40. The first-order valence-corrected chi connectivity index (χ1v) is 10.8. The zero-order valence-corrected chi connectivity index (χ0v) is 18.0.